The number of ether oxygens (including phenoxy) is 1. The Bertz CT molecular complexity index is 774. The Morgan fingerprint density at radius 3 is 2.86 bits per heavy atom. The Labute approximate surface area is 132 Å². The Balaban J connectivity index is 1.76. The van der Waals surface area contributed by atoms with Crippen LogP contribution in [0.15, 0.2) is 59.3 Å². The third-order valence-electron chi connectivity index (χ3n) is 3.35. The average molecular weight is 343 g/mol. The van der Waals surface area contributed by atoms with Crippen molar-refractivity contribution in [3.63, 3.8) is 0 Å². The molecular weight excluding hydrogens is 328 g/mol. The van der Waals surface area contributed by atoms with Crippen LogP contribution in [-0.4, -0.2) is 12.1 Å². The molecule has 0 aliphatic rings. The second kappa shape index (κ2) is 6.14. The minimum atomic E-state index is 0.767. The summed E-state index contributed by atoms with van der Waals surface area (Å²) < 4.78 is 6.25. The molecule has 0 unspecified atom stereocenters. The molecule has 0 aliphatic heterocycles. The zero-order valence-corrected chi connectivity index (χ0v) is 13.2. The van der Waals surface area contributed by atoms with Crippen molar-refractivity contribution >= 4 is 32.4 Å². The molecule has 2 aromatic carbocycles. The first-order valence-electron chi connectivity index (χ1n) is 6.66. The molecule has 0 bridgehead atoms. The van der Waals surface area contributed by atoms with Gasteiger partial charge < -0.3 is 10.1 Å². The van der Waals surface area contributed by atoms with Crippen LogP contribution in [0.2, 0.25) is 0 Å². The number of anilines is 1. The van der Waals surface area contributed by atoms with E-state index in [0.717, 1.165) is 27.8 Å². The summed E-state index contributed by atoms with van der Waals surface area (Å²) in [7, 11) is 1.67. The largest absolute Gasteiger partial charge is 0.495 e. The molecular formula is C17H15BrN2O. The first kappa shape index (κ1) is 13.9. The van der Waals surface area contributed by atoms with Gasteiger partial charge in [-0.15, -0.1) is 0 Å². The maximum atomic E-state index is 5.30. The summed E-state index contributed by atoms with van der Waals surface area (Å²) >= 11 is 3.46. The van der Waals surface area contributed by atoms with Gasteiger partial charge >= 0.3 is 0 Å². The molecule has 0 radical (unpaired) electrons. The van der Waals surface area contributed by atoms with Crippen molar-refractivity contribution in [3.8, 4) is 5.75 Å². The molecule has 0 fully saturated rings. The van der Waals surface area contributed by atoms with Crippen LogP contribution in [0.4, 0.5) is 5.69 Å². The van der Waals surface area contributed by atoms with Gasteiger partial charge in [0.15, 0.2) is 0 Å². The molecule has 0 saturated heterocycles. The lowest BCUT2D eigenvalue weighted by atomic mass is 10.1. The Morgan fingerprint density at radius 2 is 2.00 bits per heavy atom. The first-order chi connectivity index (χ1) is 10.3. The average Bonchev–Trinajstić information content (AvgIpc) is 2.54. The van der Waals surface area contributed by atoms with E-state index in [9.17, 15) is 0 Å². The SMILES string of the molecule is COc1cc(NCc2ccc3cnccc3c2)ccc1Br. The van der Waals surface area contributed by atoms with E-state index in [1.54, 1.807) is 7.11 Å². The number of fused-ring (bicyclic) bond motifs is 1. The number of hydrogen-bond donors (Lipinski definition) is 1. The number of rotatable bonds is 4. The summed E-state index contributed by atoms with van der Waals surface area (Å²) in [5.41, 5.74) is 2.26. The van der Waals surface area contributed by atoms with E-state index in [1.807, 2.05) is 36.7 Å². The van der Waals surface area contributed by atoms with Gasteiger partial charge in [0.2, 0.25) is 0 Å². The van der Waals surface area contributed by atoms with Crippen LogP contribution in [0, 0.1) is 0 Å². The van der Waals surface area contributed by atoms with Crippen molar-refractivity contribution < 1.29 is 4.74 Å². The Morgan fingerprint density at radius 1 is 1.10 bits per heavy atom. The standard InChI is InChI=1S/C17H15BrN2O/c1-21-17-9-15(4-5-16(17)18)20-10-12-2-3-14-11-19-7-6-13(14)8-12/h2-9,11,20H,10H2,1H3. The van der Waals surface area contributed by atoms with Crippen LogP contribution in [0.1, 0.15) is 5.56 Å². The second-order valence-corrected chi connectivity index (χ2v) is 5.61. The monoisotopic (exact) mass is 342 g/mol. The van der Waals surface area contributed by atoms with Crippen LogP contribution < -0.4 is 10.1 Å². The highest BCUT2D eigenvalue weighted by Crippen LogP contribution is 2.28. The lowest BCUT2D eigenvalue weighted by Gasteiger charge is -2.10. The molecule has 3 rings (SSSR count). The predicted molar refractivity (Wildman–Crippen MR) is 89.8 cm³/mol. The molecule has 3 aromatic rings. The third kappa shape index (κ3) is 3.16. The summed E-state index contributed by atoms with van der Waals surface area (Å²) in [6, 6.07) is 14.4. The normalized spacial score (nSPS) is 10.6. The summed E-state index contributed by atoms with van der Waals surface area (Å²) in [6.45, 7) is 0.767. The fraction of sp³-hybridized carbons (Fsp3) is 0.118. The summed E-state index contributed by atoms with van der Waals surface area (Å²) in [5.74, 6) is 0.824. The number of methoxy groups -OCH3 is 1. The van der Waals surface area contributed by atoms with E-state index in [-0.39, 0.29) is 0 Å². The highest BCUT2D eigenvalue weighted by atomic mass is 79.9. The quantitative estimate of drug-likeness (QED) is 0.751. The number of benzene rings is 2. The number of nitrogens with one attached hydrogen (secondary N) is 1. The zero-order valence-electron chi connectivity index (χ0n) is 11.6. The molecule has 0 saturated carbocycles. The molecule has 1 aromatic heterocycles. The lowest BCUT2D eigenvalue weighted by molar-refractivity contribution is 0.412. The molecule has 0 amide bonds. The highest BCUT2D eigenvalue weighted by Gasteiger charge is 2.02. The summed E-state index contributed by atoms with van der Waals surface area (Å²) in [5, 5.41) is 5.78. The number of pyridine rings is 1. The molecule has 21 heavy (non-hydrogen) atoms. The lowest BCUT2D eigenvalue weighted by Crippen LogP contribution is -1.99. The molecule has 1 N–H and O–H groups in total. The Hall–Kier alpha value is -2.07. The van der Waals surface area contributed by atoms with E-state index in [0.29, 0.717) is 0 Å². The molecule has 0 aliphatic carbocycles. The fourth-order valence-electron chi connectivity index (χ4n) is 2.22. The van der Waals surface area contributed by atoms with Gasteiger partial charge in [-0.3, -0.25) is 4.98 Å². The molecule has 3 nitrogen and oxygen atoms in total. The van der Waals surface area contributed by atoms with Crippen LogP contribution >= 0.6 is 15.9 Å². The van der Waals surface area contributed by atoms with Gasteiger partial charge in [-0.2, -0.15) is 0 Å². The number of hydrogen-bond acceptors (Lipinski definition) is 3. The van der Waals surface area contributed by atoms with Crippen molar-refractivity contribution in [1.29, 1.82) is 0 Å². The van der Waals surface area contributed by atoms with E-state index in [1.165, 1.54) is 10.9 Å². The smallest absolute Gasteiger partial charge is 0.135 e. The number of halogens is 1. The molecule has 4 heteroatoms. The summed E-state index contributed by atoms with van der Waals surface area (Å²) in [6.07, 6.45) is 3.70. The number of nitrogens with zero attached hydrogens (tertiary/aromatic N) is 1. The van der Waals surface area contributed by atoms with Crippen molar-refractivity contribution in [2.45, 2.75) is 6.54 Å². The summed E-state index contributed by atoms with van der Waals surface area (Å²) in [4.78, 5) is 4.13. The first-order valence-corrected chi connectivity index (χ1v) is 7.45. The highest BCUT2D eigenvalue weighted by molar-refractivity contribution is 9.10. The maximum Gasteiger partial charge on any atom is 0.135 e. The van der Waals surface area contributed by atoms with Crippen LogP contribution in [-0.2, 0) is 6.54 Å². The van der Waals surface area contributed by atoms with Crippen LogP contribution in [0.5, 0.6) is 5.75 Å². The van der Waals surface area contributed by atoms with Gasteiger partial charge in [-0.05, 0) is 51.1 Å². The minimum absolute atomic E-state index is 0.767. The van der Waals surface area contributed by atoms with Crippen molar-refractivity contribution in [1.82, 2.24) is 4.98 Å². The molecule has 0 atom stereocenters. The van der Waals surface area contributed by atoms with Crippen molar-refractivity contribution in [2.24, 2.45) is 0 Å². The van der Waals surface area contributed by atoms with E-state index >= 15 is 0 Å². The van der Waals surface area contributed by atoms with Gasteiger partial charge in [-0.25, -0.2) is 0 Å². The van der Waals surface area contributed by atoms with Gasteiger partial charge in [0.05, 0.1) is 11.6 Å². The maximum absolute atomic E-state index is 5.30. The zero-order chi connectivity index (χ0) is 14.7. The molecule has 1 heterocycles. The van der Waals surface area contributed by atoms with Gasteiger partial charge in [0, 0.05) is 36.1 Å². The topological polar surface area (TPSA) is 34.1 Å². The van der Waals surface area contributed by atoms with E-state index < -0.39 is 0 Å². The fourth-order valence-corrected chi connectivity index (χ4v) is 2.63. The molecule has 0 spiro atoms. The Kier molecular flexibility index (Phi) is 4.06. The van der Waals surface area contributed by atoms with E-state index in [4.69, 9.17) is 4.74 Å². The second-order valence-electron chi connectivity index (χ2n) is 4.76. The number of aromatic nitrogens is 1. The van der Waals surface area contributed by atoms with Crippen LogP contribution in [0.3, 0.4) is 0 Å². The minimum Gasteiger partial charge on any atom is -0.495 e. The third-order valence-corrected chi connectivity index (χ3v) is 4.01. The van der Waals surface area contributed by atoms with Crippen LogP contribution in [0.25, 0.3) is 10.8 Å². The van der Waals surface area contributed by atoms with Crippen molar-refractivity contribution in [3.05, 3.63) is 64.9 Å². The van der Waals surface area contributed by atoms with Gasteiger partial charge in [0.25, 0.3) is 0 Å². The van der Waals surface area contributed by atoms with E-state index in [2.05, 4.69) is 44.4 Å². The van der Waals surface area contributed by atoms with Gasteiger partial charge in [0.1, 0.15) is 5.75 Å². The van der Waals surface area contributed by atoms with Gasteiger partial charge in [-0.1, -0.05) is 12.1 Å². The van der Waals surface area contributed by atoms with Crippen molar-refractivity contribution in [2.75, 3.05) is 12.4 Å². The predicted octanol–water partition coefficient (Wildman–Crippen LogP) is 4.62. The molecule has 106 valence electrons.